The lowest BCUT2D eigenvalue weighted by Crippen LogP contribution is -2.37. The topological polar surface area (TPSA) is 41.1 Å². The van der Waals surface area contributed by atoms with E-state index in [-0.39, 0.29) is 0 Å². The van der Waals surface area contributed by atoms with Gasteiger partial charge in [0.1, 0.15) is 6.54 Å². The zero-order chi connectivity index (χ0) is 10.6. The predicted molar refractivity (Wildman–Crippen MR) is 61.0 cm³/mol. The minimum Gasteiger partial charge on any atom is -0.319 e. The van der Waals surface area contributed by atoms with E-state index in [9.17, 15) is 0 Å². The maximum atomic E-state index is 6.00. The van der Waals surface area contributed by atoms with Crippen LogP contribution in [0.25, 0.3) is 0 Å². The van der Waals surface area contributed by atoms with Crippen LogP contribution in [0.4, 0.5) is 0 Å². The third-order valence-corrected chi connectivity index (χ3v) is 3.17. The molecule has 2 atom stereocenters. The van der Waals surface area contributed by atoms with Crippen molar-refractivity contribution in [2.45, 2.75) is 45.2 Å². The molecule has 2 unspecified atom stereocenters. The van der Waals surface area contributed by atoms with Crippen LogP contribution in [0, 0.1) is 0 Å². The second-order valence-electron chi connectivity index (χ2n) is 4.23. The number of likely N-dealkylation sites (N-methyl/N-ethyl adjacent to an activating group) is 1. The van der Waals surface area contributed by atoms with Gasteiger partial charge in [-0.25, -0.2) is 4.58 Å². The van der Waals surface area contributed by atoms with Crippen molar-refractivity contribution >= 4 is 5.71 Å². The monoisotopic (exact) mass is 198 g/mol. The molecule has 1 rings (SSSR count). The molecule has 0 aliphatic carbocycles. The molecule has 1 heterocycles. The minimum absolute atomic E-state index is 0.297. The summed E-state index contributed by atoms with van der Waals surface area (Å²) in [5.74, 6) is 0. The van der Waals surface area contributed by atoms with Gasteiger partial charge in [0.05, 0.1) is 12.6 Å². The third kappa shape index (κ3) is 2.55. The average molecular weight is 198 g/mol. The van der Waals surface area contributed by atoms with E-state index in [4.69, 9.17) is 5.73 Å². The van der Waals surface area contributed by atoms with Crippen molar-refractivity contribution in [3.63, 3.8) is 0 Å². The van der Waals surface area contributed by atoms with Crippen molar-refractivity contribution in [2.24, 2.45) is 5.73 Å². The molecular weight excluding hydrogens is 174 g/mol. The molecule has 0 bridgehead atoms. The van der Waals surface area contributed by atoms with Gasteiger partial charge in [-0.15, -0.1) is 0 Å². The molecule has 0 spiro atoms. The Bertz CT molecular complexity index is 205. The lowest BCUT2D eigenvalue weighted by atomic mass is 10.1. The number of nitrogens with one attached hydrogen (secondary N) is 1. The van der Waals surface area contributed by atoms with Crippen LogP contribution in [0.1, 0.15) is 33.1 Å². The van der Waals surface area contributed by atoms with Crippen molar-refractivity contribution in [2.75, 3.05) is 20.1 Å². The van der Waals surface area contributed by atoms with Crippen LogP contribution in [0.15, 0.2) is 0 Å². The second kappa shape index (κ2) is 5.47. The maximum absolute atomic E-state index is 6.00. The summed E-state index contributed by atoms with van der Waals surface area (Å²) < 4.78 is 2.49. The molecule has 14 heavy (non-hydrogen) atoms. The molecule has 0 saturated carbocycles. The second-order valence-corrected chi connectivity index (χ2v) is 4.23. The van der Waals surface area contributed by atoms with Crippen LogP contribution in [0.2, 0.25) is 0 Å². The van der Waals surface area contributed by atoms with Crippen LogP contribution < -0.4 is 11.1 Å². The van der Waals surface area contributed by atoms with Gasteiger partial charge < -0.3 is 11.1 Å². The summed E-state index contributed by atoms with van der Waals surface area (Å²) in [6.07, 6.45) is 3.62. The maximum Gasteiger partial charge on any atom is 0.166 e. The summed E-state index contributed by atoms with van der Waals surface area (Å²) in [6.45, 7) is 6.63. The first kappa shape index (κ1) is 11.7. The summed E-state index contributed by atoms with van der Waals surface area (Å²) in [5, 5.41) is 3.27. The van der Waals surface area contributed by atoms with E-state index in [0.29, 0.717) is 12.1 Å². The molecule has 0 aromatic heterocycles. The van der Waals surface area contributed by atoms with E-state index >= 15 is 0 Å². The molecule has 0 aromatic carbocycles. The SMILES string of the molecule is CCCC(CNC)[N+]1=C(C)C(N)CC1. The molecule has 3 heteroatoms. The van der Waals surface area contributed by atoms with E-state index < -0.39 is 0 Å². The van der Waals surface area contributed by atoms with E-state index in [1.165, 1.54) is 18.6 Å². The van der Waals surface area contributed by atoms with Gasteiger partial charge in [-0.05, 0) is 13.5 Å². The van der Waals surface area contributed by atoms with Gasteiger partial charge in [-0.3, -0.25) is 0 Å². The zero-order valence-electron chi connectivity index (χ0n) is 9.71. The number of hydrogen-bond donors (Lipinski definition) is 2. The molecule has 1 aliphatic rings. The molecule has 0 saturated heterocycles. The van der Waals surface area contributed by atoms with Crippen molar-refractivity contribution in [3.8, 4) is 0 Å². The van der Waals surface area contributed by atoms with E-state index in [1.54, 1.807) is 0 Å². The van der Waals surface area contributed by atoms with E-state index in [2.05, 4.69) is 23.7 Å². The number of hydrogen-bond acceptors (Lipinski definition) is 2. The minimum atomic E-state index is 0.297. The molecular formula is C11H24N3+. The lowest BCUT2D eigenvalue weighted by Gasteiger charge is -2.13. The first-order valence-corrected chi connectivity index (χ1v) is 5.71. The summed E-state index contributed by atoms with van der Waals surface area (Å²) in [6, 6.07) is 0.935. The smallest absolute Gasteiger partial charge is 0.166 e. The van der Waals surface area contributed by atoms with Crippen molar-refractivity contribution in [1.29, 1.82) is 0 Å². The van der Waals surface area contributed by atoms with Gasteiger partial charge in [-0.2, -0.15) is 0 Å². The Balaban J connectivity index is 2.67. The van der Waals surface area contributed by atoms with Gasteiger partial charge in [-0.1, -0.05) is 6.92 Å². The largest absolute Gasteiger partial charge is 0.319 e. The van der Waals surface area contributed by atoms with Gasteiger partial charge in [0, 0.05) is 19.8 Å². The highest BCUT2D eigenvalue weighted by Gasteiger charge is 2.31. The summed E-state index contributed by atoms with van der Waals surface area (Å²) in [4.78, 5) is 0. The average Bonchev–Trinajstić information content (AvgIpc) is 2.48. The molecule has 3 nitrogen and oxygen atoms in total. The summed E-state index contributed by atoms with van der Waals surface area (Å²) >= 11 is 0. The Kier molecular flexibility index (Phi) is 4.55. The Morgan fingerprint density at radius 3 is 2.79 bits per heavy atom. The molecule has 0 aromatic rings. The van der Waals surface area contributed by atoms with Gasteiger partial charge in [0.25, 0.3) is 0 Å². The van der Waals surface area contributed by atoms with Gasteiger partial charge in [0.15, 0.2) is 11.8 Å². The first-order chi connectivity index (χ1) is 6.70. The van der Waals surface area contributed by atoms with Crippen LogP contribution in [0.5, 0.6) is 0 Å². The first-order valence-electron chi connectivity index (χ1n) is 5.71. The Morgan fingerprint density at radius 1 is 1.64 bits per heavy atom. The van der Waals surface area contributed by atoms with E-state index in [1.807, 2.05) is 7.05 Å². The fourth-order valence-electron chi connectivity index (χ4n) is 2.28. The summed E-state index contributed by atoms with van der Waals surface area (Å²) in [7, 11) is 2.02. The molecule has 0 fully saturated rings. The third-order valence-electron chi connectivity index (χ3n) is 3.17. The fourth-order valence-corrected chi connectivity index (χ4v) is 2.28. The molecule has 82 valence electrons. The van der Waals surface area contributed by atoms with Crippen molar-refractivity contribution < 1.29 is 4.58 Å². The number of rotatable bonds is 5. The number of nitrogens with two attached hydrogens (primary N) is 1. The standard InChI is InChI=1S/C11H24N3/c1-4-5-10(8-13-3)14-7-6-11(12)9(14)2/h10-11,13H,4-8,12H2,1-3H3/q+1. The van der Waals surface area contributed by atoms with Crippen LogP contribution in [-0.4, -0.2) is 42.5 Å². The highest BCUT2D eigenvalue weighted by atomic mass is 15.1. The fraction of sp³-hybridized carbons (Fsp3) is 0.909. The molecule has 1 aliphatic heterocycles. The van der Waals surface area contributed by atoms with E-state index in [0.717, 1.165) is 19.5 Å². The highest BCUT2D eigenvalue weighted by Crippen LogP contribution is 2.10. The normalized spacial score (nSPS) is 24.4. The number of nitrogens with zero attached hydrogens (tertiary/aromatic N) is 1. The Hall–Kier alpha value is -0.410. The lowest BCUT2D eigenvalue weighted by molar-refractivity contribution is -0.558. The zero-order valence-corrected chi connectivity index (χ0v) is 9.71. The van der Waals surface area contributed by atoms with Crippen LogP contribution in [0.3, 0.4) is 0 Å². The summed E-state index contributed by atoms with van der Waals surface area (Å²) in [5.41, 5.74) is 7.37. The van der Waals surface area contributed by atoms with Crippen LogP contribution in [-0.2, 0) is 0 Å². The Labute approximate surface area is 87.4 Å². The molecule has 0 radical (unpaired) electrons. The van der Waals surface area contributed by atoms with Crippen molar-refractivity contribution in [1.82, 2.24) is 5.32 Å². The van der Waals surface area contributed by atoms with Gasteiger partial charge in [0.2, 0.25) is 0 Å². The van der Waals surface area contributed by atoms with Gasteiger partial charge >= 0.3 is 0 Å². The van der Waals surface area contributed by atoms with Crippen LogP contribution >= 0.6 is 0 Å². The molecule has 3 N–H and O–H groups in total. The predicted octanol–water partition coefficient (Wildman–Crippen LogP) is 0.579. The Morgan fingerprint density at radius 2 is 2.36 bits per heavy atom. The molecule has 0 amide bonds. The van der Waals surface area contributed by atoms with Crippen molar-refractivity contribution in [3.05, 3.63) is 0 Å². The quantitative estimate of drug-likeness (QED) is 0.634. The highest BCUT2D eigenvalue weighted by molar-refractivity contribution is 5.83.